The summed E-state index contributed by atoms with van der Waals surface area (Å²) in [6.07, 6.45) is 6.82. The van der Waals surface area contributed by atoms with Crippen LogP contribution in [0.2, 0.25) is 0 Å². The van der Waals surface area contributed by atoms with Gasteiger partial charge in [-0.05, 0) is 31.0 Å². The Balaban J connectivity index is 1.94. The Hall–Kier alpha value is -1.75. The largest absolute Gasteiger partial charge is 0.311 e. The van der Waals surface area contributed by atoms with Gasteiger partial charge in [0.1, 0.15) is 0 Å². The highest BCUT2D eigenvalue weighted by Crippen LogP contribution is 2.03. The van der Waals surface area contributed by atoms with E-state index in [9.17, 15) is 0 Å². The Kier molecular flexibility index (Phi) is 4.41. The molecule has 5 heteroatoms. The van der Waals surface area contributed by atoms with Crippen molar-refractivity contribution in [1.29, 1.82) is 0 Å². The molecule has 0 radical (unpaired) electrons. The number of hydrogen-bond donors (Lipinski definition) is 1. The van der Waals surface area contributed by atoms with Crippen LogP contribution in [0.3, 0.4) is 0 Å². The molecule has 0 bridgehead atoms. The van der Waals surface area contributed by atoms with Crippen LogP contribution >= 0.6 is 0 Å². The summed E-state index contributed by atoms with van der Waals surface area (Å²) in [5, 5.41) is 11.6. The van der Waals surface area contributed by atoms with E-state index in [0.29, 0.717) is 0 Å². The van der Waals surface area contributed by atoms with E-state index in [1.54, 1.807) is 0 Å². The molecule has 0 spiro atoms. The Morgan fingerprint density at radius 3 is 3.00 bits per heavy atom. The fourth-order valence-electron chi connectivity index (χ4n) is 1.78. The van der Waals surface area contributed by atoms with E-state index < -0.39 is 0 Å². The zero-order valence-corrected chi connectivity index (χ0v) is 10.9. The number of nitrogens with one attached hydrogen (secondary N) is 1. The Bertz CT molecular complexity index is 492. The van der Waals surface area contributed by atoms with Crippen LogP contribution in [0.1, 0.15) is 30.2 Å². The minimum atomic E-state index is 0.718. The van der Waals surface area contributed by atoms with Crippen LogP contribution in [0.15, 0.2) is 24.7 Å². The molecule has 18 heavy (non-hydrogen) atoms. The van der Waals surface area contributed by atoms with Crippen molar-refractivity contribution in [3.05, 3.63) is 41.5 Å². The van der Waals surface area contributed by atoms with Gasteiger partial charge in [-0.1, -0.05) is 18.2 Å². The van der Waals surface area contributed by atoms with Crippen molar-refractivity contribution in [3.63, 3.8) is 0 Å². The third-order valence-corrected chi connectivity index (χ3v) is 2.60. The third-order valence-electron chi connectivity index (χ3n) is 2.60. The van der Waals surface area contributed by atoms with Crippen LogP contribution in [0.5, 0.6) is 0 Å². The standard InChI is InChI=1S/C13H19N5/c1-3-4-14-8-13-10-18(17-16-13)9-12-5-11(2)6-15-7-12/h5-7,10,14H,3-4,8-9H2,1-2H3. The van der Waals surface area contributed by atoms with Gasteiger partial charge in [0.15, 0.2) is 0 Å². The van der Waals surface area contributed by atoms with Crippen LogP contribution in [-0.2, 0) is 13.1 Å². The monoisotopic (exact) mass is 245 g/mol. The second-order valence-electron chi connectivity index (χ2n) is 4.45. The maximum Gasteiger partial charge on any atom is 0.0964 e. The molecule has 0 saturated carbocycles. The lowest BCUT2D eigenvalue weighted by molar-refractivity contribution is 0.643. The molecule has 2 heterocycles. The molecule has 0 amide bonds. The smallest absolute Gasteiger partial charge is 0.0964 e. The van der Waals surface area contributed by atoms with Crippen molar-refractivity contribution in [2.45, 2.75) is 33.4 Å². The molecule has 0 aliphatic carbocycles. The number of pyridine rings is 1. The number of aromatic nitrogens is 4. The number of rotatable bonds is 6. The van der Waals surface area contributed by atoms with E-state index in [2.05, 4.69) is 33.6 Å². The van der Waals surface area contributed by atoms with Gasteiger partial charge in [0.25, 0.3) is 0 Å². The molecular formula is C13H19N5. The van der Waals surface area contributed by atoms with Crippen LogP contribution < -0.4 is 5.32 Å². The van der Waals surface area contributed by atoms with E-state index in [4.69, 9.17) is 0 Å². The first-order valence-corrected chi connectivity index (χ1v) is 6.28. The number of hydrogen-bond acceptors (Lipinski definition) is 4. The highest BCUT2D eigenvalue weighted by Gasteiger charge is 2.01. The second kappa shape index (κ2) is 6.26. The summed E-state index contributed by atoms with van der Waals surface area (Å²) in [6.45, 7) is 6.69. The Morgan fingerprint density at radius 1 is 1.33 bits per heavy atom. The molecule has 5 nitrogen and oxygen atoms in total. The van der Waals surface area contributed by atoms with Gasteiger partial charge in [-0.3, -0.25) is 4.98 Å². The van der Waals surface area contributed by atoms with Crippen molar-refractivity contribution >= 4 is 0 Å². The van der Waals surface area contributed by atoms with Gasteiger partial charge in [0.05, 0.1) is 18.4 Å². The quantitative estimate of drug-likeness (QED) is 0.784. The van der Waals surface area contributed by atoms with Gasteiger partial charge in [-0.15, -0.1) is 5.10 Å². The van der Waals surface area contributed by atoms with E-state index in [1.807, 2.05) is 30.2 Å². The molecule has 2 rings (SSSR count). The summed E-state index contributed by atoms with van der Waals surface area (Å²) >= 11 is 0. The fourth-order valence-corrected chi connectivity index (χ4v) is 1.78. The van der Waals surface area contributed by atoms with E-state index in [1.165, 1.54) is 0 Å². The first-order chi connectivity index (χ1) is 8.78. The van der Waals surface area contributed by atoms with E-state index in [-0.39, 0.29) is 0 Å². The summed E-state index contributed by atoms with van der Waals surface area (Å²) in [5.41, 5.74) is 3.29. The molecular weight excluding hydrogens is 226 g/mol. The van der Waals surface area contributed by atoms with Crippen molar-refractivity contribution < 1.29 is 0 Å². The molecule has 1 N–H and O–H groups in total. The van der Waals surface area contributed by atoms with Crippen LogP contribution in [0, 0.1) is 6.92 Å². The lowest BCUT2D eigenvalue weighted by Gasteiger charge is -2.01. The molecule has 0 fully saturated rings. The molecule has 0 atom stereocenters. The van der Waals surface area contributed by atoms with Crippen molar-refractivity contribution in [1.82, 2.24) is 25.3 Å². The van der Waals surface area contributed by atoms with Crippen molar-refractivity contribution in [2.24, 2.45) is 0 Å². The summed E-state index contributed by atoms with van der Waals surface area (Å²) in [6, 6.07) is 2.11. The van der Waals surface area contributed by atoms with Gasteiger partial charge in [0.2, 0.25) is 0 Å². The van der Waals surface area contributed by atoms with E-state index >= 15 is 0 Å². The lowest BCUT2D eigenvalue weighted by Crippen LogP contribution is -2.13. The van der Waals surface area contributed by atoms with Crippen molar-refractivity contribution in [2.75, 3.05) is 6.54 Å². The first-order valence-electron chi connectivity index (χ1n) is 6.28. The molecule has 0 aliphatic heterocycles. The molecule has 0 unspecified atom stereocenters. The summed E-state index contributed by atoms with van der Waals surface area (Å²) in [4.78, 5) is 4.17. The predicted molar refractivity (Wildman–Crippen MR) is 70.1 cm³/mol. The van der Waals surface area contributed by atoms with E-state index in [0.717, 1.165) is 42.9 Å². The van der Waals surface area contributed by atoms with Crippen LogP contribution in [0.4, 0.5) is 0 Å². The van der Waals surface area contributed by atoms with Gasteiger partial charge in [0, 0.05) is 18.9 Å². The average molecular weight is 245 g/mol. The maximum atomic E-state index is 4.17. The SMILES string of the molecule is CCCNCc1cn(Cc2cncc(C)c2)nn1. The Labute approximate surface area is 107 Å². The highest BCUT2D eigenvalue weighted by atomic mass is 15.4. The van der Waals surface area contributed by atoms with Gasteiger partial charge in [-0.25, -0.2) is 4.68 Å². The number of nitrogens with zero attached hydrogens (tertiary/aromatic N) is 4. The topological polar surface area (TPSA) is 55.6 Å². The molecule has 2 aromatic heterocycles. The second-order valence-corrected chi connectivity index (χ2v) is 4.45. The Morgan fingerprint density at radius 2 is 2.22 bits per heavy atom. The highest BCUT2D eigenvalue weighted by molar-refractivity contribution is 5.16. The number of aryl methyl sites for hydroxylation is 1. The summed E-state index contributed by atoms with van der Waals surface area (Å²) in [5.74, 6) is 0. The summed E-state index contributed by atoms with van der Waals surface area (Å²) in [7, 11) is 0. The minimum Gasteiger partial charge on any atom is -0.311 e. The molecule has 96 valence electrons. The van der Waals surface area contributed by atoms with Crippen LogP contribution in [0.25, 0.3) is 0 Å². The maximum absolute atomic E-state index is 4.17. The summed E-state index contributed by atoms with van der Waals surface area (Å²) < 4.78 is 1.85. The fraction of sp³-hybridized carbons (Fsp3) is 0.462. The van der Waals surface area contributed by atoms with Gasteiger partial charge in [-0.2, -0.15) is 0 Å². The zero-order chi connectivity index (χ0) is 12.8. The zero-order valence-electron chi connectivity index (χ0n) is 10.9. The molecule has 0 saturated heterocycles. The van der Waals surface area contributed by atoms with Crippen LogP contribution in [-0.4, -0.2) is 26.5 Å². The van der Waals surface area contributed by atoms with Gasteiger partial charge >= 0.3 is 0 Å². The third kappa shape index (κ3) is 3.63. The molecule has 0 aromatic carbocycles. The average Bonchev–Trinajstić information content (AvgIpc) is 2.77. The predicted octanol–water partition coefficient (Wildman–Crippen LogP) is 1.53. The van der Waals surface area contributed by atoms with Gasteiger partial charge < -0.3 is 5.32 Å². The van der Waals surface area contributed by atoms with Crippen molar-refractivity contribution in [3.8, 4) is 0 Å². The molecule has 2 aromatic rings. The normalized spacial score (nSPS) is 10.8. The lowest BCUT2D eigenvalue weighted by atomic mass is 10.2. The first kappa shape index (κ1) is 12.7. The molecule has 0 aliphatic rings. The minimum absolute atomic E-state index is 0.718.